The summed E-state index contributed by atoms with van der Waals surface area (Å²) >= 11 is 0. The molecule has 4 aromatic heterocycles. The van der Waals surface area contributed by atoms with Gasteiger partial charge in [-0.15, -0.1) is 0 Å². The molecule has 0 aliphatic heterocycles. The summed E-state index contributed by atoms with van der Waals surface area (Å²) in [5.74, 6) is 0. The number of hydrogen-bond donors (Lipinski definition) is 0. The molecule has 0 bridgehead atoms. The third-order valence-corrected chi connectivity index (χ3v) is 7.05. The molecular formula is C31H20N4. The Morgan fingerprint density at radius 1 is 0.514 bits per heavy atom. The first-order valence-corrected chi connectivity index (χ1v) is 11.8. The van der Waals surface area contributed by atoms with E-state index in [1.165, 1.54) is 21.8 Å². The summed E-state index contributed by atoms with van der Waals surface area (Å²) in [6, 6.07) is 40.7. The van der Waals surface area contributed by atoms with Crippen LogP contribution in [0.15, 0.2) is 121 Å². The molecule has 4 aromatic carbocycles. The Hall–Kier alpha value is -4.83. The fourth-order valence-corrected chi connectivity index (χ4v) is 5.65. The summed E-state index contributed by atoms with van der Waals surface area (Å²) < 4.78 is 6.95. The van der Waals surface area contributed by atoms with Crippen molar-refractivity contribution in [3.05, 3.63) is 121 Å². The Morgan fingerprint density at radius 2 is 1.20 bits per heavy atom. The third-order valence-electron chi connectivity index (χ3n) is 7.05. The number of rotatable bonds is 2. The average Bonchev–Trinajstić information content (AvgIpc) is 3.56. The lowest BCUT2D eigenvalue weighted by Crippen LogP contribution is -1.98. The number of para-hydroxylation sites is 3. The predicted molar refractivity (Wildman–Crippen MR) is 144 cm³/mol. The SMILES string of the molecule is c1ccc(-n2c3ccccc3c3c(-n4c5ccccc5c5nc6ccccn6c54)cccc32)cc1. The quantitative estimate of drug-likeness (QED) is 0.269. The van der Waals surface area contributed by atoms with E-state index in [9.17, 15) is 0 Å². The molecular weight excluding hydrogens is 428 g/mol. The topological polar surface area (TPSA) is 27.2 Å². The van der Waals surface area contributed by atoms with Crippen LogP contribution in [0.1, 0.15) is 0 Å². The molecule has 35 heavy (non-hydrogen) atoms. The number of hydrogen-bond acceptors (Lipinski definition) is 1. The molecule has 0 spiro atoms. The van der Waals surface area contributed by atoms with E-state index in [4.69, 9.17) is 4.98 Å². The van der Waals surface area contributed by atoms with Crippen LogP contribution in [0.3, 0.4) is 0 Å². The minimum Gasteiger partial charge on any atom is -0.309 e. The summed E-state index contributed by atoms with van der Waals surface area (Å²) in [5, 5.41) is 3.64. The molecule has 0 atom stereocenters. The van der Waals surface area contributed by atoms with Crippen molar-refractivity contribution in [2.24, 2.45) is 0 Å². The Kier molecular flexibility index (Phi) is 3.63. The van der Waals surface area contributed by atoms with Crippen LogP contribution < -0.4 is 0 Å². The van der Waals surface area contributed by atoms with Gasteiger partial charge in [0.2, 0.25) is 0 Å². The fraction of sp³-hybridized carbons (Fsp3) is 0. The normalized spacial score (nSPS) is 12.0. The smallest absolute Gasteiger partial charge is 0.150 e. The highest BCUT2D eigenvalue weighted by Crippen LogP contribution is 2.39. The second-order valence-electron chi connectivity index (χ2n) is 8.92. The molecule has 0 saturated heterocycles. The van der Waals surface area contributed by atoms with Crippen molar-refractivity contribution in [1.29, 1.82) is 0 Å². The zero-order valence-corrected chi connectivity index (χ0v) is 18.8. The maximum Gasteiger partial charge on any atom is 0.150 e. The Labute approximate surface area is 200 Å². The summed E-state index contributed by atoms with van der Waals surface area (Å²) in [5.41, 5.74) is 8.93. The van der Waals surface area contributed by atoms with Gasteiger partial charge in [-0.05, 0) is 48.5 Å². The van der Waals surface area contributed by atoms with Gasteiger partial charge in [0.15, 0.2) is 5.65 Å². The van der Waals surface area contributed by atoms with Crippen molar-refractivity contribution in [2.45, 2.75) is 0 Å². The van der Waals surface area contributed by atoms with Gasteiger partial charge in [-0.3, -0.25) is 8.97 Å². The van der Waals surface area contributed by atoms with Crippen LogP contribution in [-0.2, 0) is 0 Å². The Bertz CT molecular complexity index is 2050. The number of pyridine rings is 1. The van der Waals surface area contributed by atoms with Crippen LogP contribution in [0.4, 0.5) is 0 Å². The molecule has 0 saturated carbocycles. The molecule has 8 aromatic rings. The molecule has 4 heteroatoms. The summed E-state index contributed by atoms with van der Waals surface area (Å²) in [7, 11) is 0. The lowest BCUT2D eigenvalue weighted by Gasteiger charge is -2.11. The van der Waals surface area contributed by atoms with E-state index < -0.39 is 0 Å². The van der Waals surface area contributed by atoms with E-state index in [2.05, 4.69) is 129 Å². The molecule has 0 aliphatic carbocycles. The van der Waals surface area contributed by atoms with Crippen molar-refractivity contribution < 1.29 is 0 Å². The van der Waals surface area contributed by atoms with Gasteiger partial charge in [-0.25, -0.2) is 4.98 Å². The summed E-state index contributed by atoms with van der Waals surface area (Å²) in [4.78, 5) is 5.02. The largest absolute Gasteiger partial charge is 0.309 e. The fourth-order valence-electron chi connectivity index (χ4n) is 5.65. The monoisotopic (exact) mass is 448 g/mol. The Morgan fingerprint density at radius 3 is 2.06 bits per heavy atom. The first-order chi connectivity index (χ1) is 17.4. The van der Waals surface area contributed by atoms with Crippen LogP contribution in [-0.4, -0.2) is 18.5 Å². The van der Waals surface area contributed by atoms with Crippen molar-refractivity contribution in [2.75, 3.05) is 0 Å². The predicted octanol–water partition coefficient (Wildman–Crippen LogP) is 7.53. The number of aromatic nitrogens is 4. The highest BCUT2D eigenvalue weighted by Gasteiger charge is 2.21. The van der Waals surface area contributed by atoms with Gasteiger partial charge in [-0.2, -0.15) is 0 Å². The van der Waals surface area contributed by atoms with Crippen molar-refractivity contribution in [1.82, 2.24) is 18.5 Å². The third kappa shape index (κ3) is 2.43. The van der Waals surface area contributed by atoms with Crippen molar-refractivity contribution in [3.63, 3.8) is 0 Å². The van der Waals surface area contributed by atoms with Gasteiger partial charge in [0.25, 0.3) is 0 Å². The molecule has 0 radical (unpaired) electrons. The molecule has 0 fully saturated rings. The molecule has 4 heterocycles. The number of nitrogens with zero attached hydrogens (tertiary/aromatic N) is 4. The second-order valence-corrected chi connectivity index (χ2v) is 8.92. The van der Waals surface area contributed by atoms with E-state index in [-0.39, 0.29) is 0 Å². The molecule has 0 aliphatic rings. The molecule has 0 N–H and O–H groups in total. The standard InChI is InChI=1S/C31H20N4/c1-2-11-21(12-3-1)34-24-15-6-4-13-22(24)29-26(34)17-10-18-27(29)35-25-16-7-5-14-23(25)30-31(35)33-20-9-8-19-28(33)32-30/h1-20H. The summed E-state index contributed by atoms with van der Waals surface area (Å²) in [6.07, 6.45) is 2.10. The average molecular weight is 449 g/mol. The maximum atomic E-state index is 5.02. The van der Waals surface area contributed by atoms with Gasteiger partial charge in [0.1, 0.15) is 11.2 Å². The minimum atomic E-state index is 0.955. The zero-order chi connectivity index (χ0) is 22.9. The molecule has 164 valence electrons. The van der Waals surface area contributed by atoms with Crippen molar-refractivity contribution >= 4 is 49.5 Å². The van der Waals surface area contributed by atoms with Crippen LogP contribution in [0.5, 0.6) is 0 Å². The number of imidazole rings is 1. The first kappa shape index (κ1) is 18.6. The summed E-state index contributed by atoms with van der Waals surface area (Å²) in [6.45, 7) is 0. The molecule has 0 amide bonds. The molecule has 4 nitrogen and oxygen atoms in total. The zero-order valence-electron chi connectivity index (χ0n) is 18.8. The van der Waals surface area contributed by atoms with Gasteiger partial charge >= 0.3 is 0 Å². The van der Waals surface area contributed by atoms with Gasteiger partial charge < -0.3 is 4.57 Å². The van der Waals surface area contributed by atoms with Crippen molar-refractivity contribution in [3.8, 4) is 11.4 Å². The van der Waals surface area contributed by atoms with Crippen LogP contribution in [0.25, 0.3) is 60.9 Å². The minimum absolute atomic E-state index is 0.955. The maximum absolute atomic E-state index is 5.02. The van der Waals surface area contributed by atoms with Gasteiger partial charge in [0.05, 0.1) is 22.2 Å². The number of benzene rings is 4. The van der Waals surface area contributed by atoms with E-state index >= 15 is 0 Å². The second kappa shape index (κ2) is 6.84. The lowest BCUT2D eigenvalue weighted by molar-refractivity contribution is 1.10. The highest BCUT2D eigenvalue weighted by atomic mass is 15.2. The highest BCUT2D eigenvalue weighted by molar-refractivity contribution is 6.15. The van der Waals surface area contributed by atoms with E-state index in [1.54, 1.807) is 0 Å². The van der Waals surface area contributed by atoms with E-state index in [0.717, 1.165) is 39.1 Å². The van der Waals surface area contributed by atoms with Gasteiger partial charge in [0, 0.05) is 28.0 Å². The first-order valence-electron chi connectivity index (χ1n) is 11.8. The van der Waals surface area contributed by atoms with Crippen LogP contribution in [0.2, 0.25) is 0 Å². The van der Waals surface area contributed by atoms with E-state index in [1.807, 2.05) is 6.07 Å². The van der Waals surface area contributed by atoms with Gasteiger partial charge in [-0.1, -0.05) is 66.7 Å². The van der Waals surface area contributed by atoms with E-state index in [0.29, 0.717) is 0 Å². The van der Waals surface area contributed by atoms with Crippen LogP contribution >= 0.6 is 0 Å². The molecule has 8 rings (SSSR count). The van der Waals surface area contributed by atoms with Crippen LogP contribution in [0, 0.1) is 0 Å². The Balaban J connectivity index is 1.61. The lowest BCUT2D eigenvalue weighted by atomic mass is 10.1. The number of fused-ring (bicyclic) bond motifs is 8. The molecule has 0 unspecified atom stereocenters.